The molecule has 2 aromatic carbocycles. The number of urea groups is 1. The summed E-state index contributed by atoms with van der Waals surface area (Å²) >= 11 is 0. The molecular weight excluding hydrogens is 668 g/mol. The van der Waals surface area contributed by atoms with Crippen molar-refractivity contribution in [3.63, 3.8) is 0 Å². The highest BCUT2D eigenvalue weighted by Gasteiger charge is 2.29. The van der Waals surface area contributed by atoms with Crippen molar-refractivity contribution < 1.29 is 27.3 Å². The van der Waals surface area contributed by atoms with Gasteiger partial charge in [0, 0.05) is 51.1 Å². The minimum Gasteiger partial charge on any atom is -0.432 e. The van der Waals surface area contributed by atoms with E-state index in [9.17, 15) is 22.6 Å². The van der Waals surface area contributed by atoms with Gasteiger partial charge in [-0.25, -0.2) is 23.3 Å². The van der Waals surface area contributed by atoms with Crippen molar-refractivity contribution in [1.29, 1.82) is 0 Å². The quantitative estimate of drug-likeness (QED) is 0.246. The lowest BCUT2D eigenvalue weighted by atomic mass is 9.89. The number of ether oxygens (including phenoxy) is 1. The first-order chi connectivity index (χ1) is 24.2. The lowest BCUT2D eigenvalue weighted by Crippen LogP contribution is -2.49. The highest BCUT2D eigenvalue weighted by atomic mass is 32.2. The zero-order valence-electron chi connectivity index (χ0n) is 27.6. The smallest absolute Gasteiger partial charge is 0.387 e. The Morgan fingerprint density at radius 3 is 2.38 bits per heavy atom. The molecule has 3 saturated heterocycles. The molecule has 0 radical (unpaired) electrons. The van der Waals surface area contributed by atoms with Crippen molar-refractivity contribution in [2.24, 2.45) is 7.05 Å². The van der Waals surface area contributed by atoms with Gasteiger partial charge in [0.1, 0.15) is 11.0 Å². The minimum atomic E-state index is -2.92. The Kier molecular flexibility index (Phi) is 10.0. The van der Waals surface area contributed by atoms with Crippen LogP contribution in [0, 0.1) is 0 Å². The number of halogens is 2. The third-order valence-corrected chi connectivity index (χ3v) is 11.1. The van der Waals surface area contributed by atoms with E-state index in [4.69, 9.17) is 0 Å². The molecule has 0 spiro atoms. The monoisotopic (exact) mass is 707 g/mol. The fourth-order valence-electron chi connectivity index (χ4n) is 6.92. The second-order valence-corrected chi connectivity index (χ2v) is 14.4. The maximum atomic E-state index is 13.3. The molecule has 5 heterocycles. The molecular formula is C34H39F2N9O4S. The highest BCUT2D eigenvalue weighted by molar-refractivity contribution is 7.82. The number of piperidine rings is 2. The molecule has 2 N–H and O–H groups in total. The Balaban J connectivity index is 0.878. The molecule has 0 bridgehead atoms. The lowest BCUT2D eigenvalue weighted by Gasteiger charge is -2.32. The number of amides is 3. The standard InChI is InChI=1S/C34H39F2N9O4S/c1-42-29-18-24(4-7-28(29)31(41-42)45-17-12-30(46)40-34(45)47)23-8-13-43(14-9-23)21-22-2-5-27(6-3-22)50(48)44-15-10-25(11-16-44)39-33-37-19-26(20-38-33)49-32(35)36/h2-7,18-20,23,25,32H,8-17,21H2,1H3,(H,37,38,39)(H,40,46,47). The number of likely N-dealkylation sites (tertiary alicyclic amines) is 1. The number of aromatic nitrogens is 4. The molecule has 1 unspecified atom stereocenters. The minimum absolute atomic E-state index is 0.0886. The number of benzene rings is 2. The summed E-state index contributed by atoms with van der Waals surface area (Å²) in [7, 11) is 0.614. The van der Waals surface area contributed by atoms with E-state index < -0.39 is 23.6 Å². The number of aryl methyl sites for hydroxylation is 1. The second-order valence-electron chi connectivity index (χ2n) is 12.9. The molecule has 264 valence electrons. The van der Waals surface area contributed by atoms with Gasteiger partial charge in [-0.15, -0.1) is 0 Å². The number of alkyl halides is 2. The third-order valence-electron chi connectivity index (χ3n) is 9.63. The maximum Gasteiger partial charge on any atom is 0.387 e. The van der Waals surface area contributed by atoms with Crippen LogP contribution < -0.4 is 20.3 Å². The van der Waals surface area contributed by atoms with Crippen molar-refractivity contribution in [1.82, 2.24) is 34.3 Å². The first-order valence-electron chi connectivity index (χ1n) is 16.8. The second kappa shape index (κ2) is 14.7. The zero-order chi connectivity index (χ0) is 34.8. The average molecular weight is 708 g/mol. The van der Waals surface area contributed by atoms with Crippen LogP contribution in [0.2, 0.25) is 0 Å². The van der Waals surface area contributed by atoms with Crippen molar-refractivity contribution in [3.8, 4) is 5.75 Å². The predicted molar refractivity (Wildman–Crippen MR) is 183 cm³/mol. The number of fused-ring (bicyclic) bond motifs is 1. The molecule has 3 aliphatic rings. The summed E-state index contributed by atoms with van der Waals surface area (Å²) in [6.07, 6.45) is 6.24. The number of hydrogen-bond donors (Lipinski definition) is 2. The van der Waals surface area contributed by atoms with Gasteiger partial charge in [0.05, 0.1) is 22.8 Å². The summed E-state index contributed by atoms with van der Waals surface area (Å²) in [5.41, 5.74) is 3.41. The van der Waals surface area contributed by atoms with Crippen LogP contribution in [0.25, 0.3) is 10.9 Å². The van der Waals surface area contributed by atoms with E-state index in [0.717, 1.165) is 61.1 Å². The van der Waals surface area contributed by atoms with E-state index in [1.165, 1.54) is 28.4 Å². The van der Waals surface area contributed by atoms with E-state index >= 15 is 0 Å². The van der Waals surface area contributed by atoms with Gasteiger partial charge >= 0.3 is 12.6 Å². The normalized spacial score (nSPS) is 19.2. The number of nitrogens with one attached hydrogen (secondary N) is 2. The molecule has 3 aliphatic heterocycles. The zero-order valence-corrected chi connectivity index (χ0v) is 28.5. The van der Waals surface area contributed by atoms with Crippen LogP contribution in [-0.4, -0.2) is 90.5 Å². The van der Waals surface area contributed by atoms with Crippen LogP contribution in [0.1, 0.15) is 49.1 Å². The van der Waals surface area contributed by atoms with Gasteiger partial charge < -0.3 is 10.1 Å². The summed E-state index contributed by atoms with van der Waals surface area (Å²) in [6.45, 7) is 1.44. The lowest BCUT2D eigenvalue weighted by molar-refractivity contribution is -0.120. The Morgan fingerprint density at radius 2 is 1.70 bits per heavy atom. The van der Waals surface area contributed by atoms with Crippen molar-refractivity contribution in [3.05, 3.63) is 66.0 Å². The molecule has 0 saturated carbocycles. The first kappa shape index (κ1) is 33.9. The average Bonchev–Trinajstić information content (AvgIpc) is 3.44. The highest BCUT2D eigenvalue weighted by Crippen LogP contribution is 2.34. The van der Waals surface area contributed by atoms with E-state index in [-0.39, 0.29) is 24.1 Å². The van der Waals surface area contributed by atoms with Crippen LogP contribution in [0.4, 0.5) is 25.3 Å². The van der Waals surface area contributed by atoms with E-state index in [2.05, 4.69) is 59.6 Å². The SMILES string of the molecule is Cn1nc(N2CCC(=O)NC2=O)c2ccc(C3CCN(Cc4ccc(S(=O)N5CCC(Nc6ncc(OC(F)F)cn6)CC5)cc4)CC3)cc21. The van der Waals surface area contributed by atoms with Crippen LogP contribution >= 0.6 is 0 Å². The Labute approximate surface area is 290 Å². The number of hydrogen-bond acceptors (Lipinski definition) is 9. The molecule has 7 rings (SSSR count). The van der Waals surface area contributed by atoms with Gasteiger partial charge in [-0.3, -0.25) is 24.6 Å². The largest absolute Gasteiger partial charge is 0.432 e. The predicted octanol–water partition coefficient (Wildman–Crippen LogP) is 4.39. The first-order valence-corrected chi connectivity index (χ1v) is 17.9. The van der Waals surface area contributed by atoms with Gasteiger partial charge in [0.15, 0.2) is 11.6 Å². The summed E-state index contributed by atoms with van der Waals surface area (Å²) in [4.78, 5) is 36.9. The molecule has 16 heteroatoms. The number of rotatable bonds is 10. The molecule has 3 fully saturated rings. The summed E-state index contributed by atoms with van der Waals surface area (Å²) in [5.74, 6) is 0.987. The van der Waals surface area contributed by atoms with Gasteiger partial charge in [0.2, 0.25) is 11.9 Å². The molecule has 3 amide bonds. The number of carbonyl (C=O) groups is 2. The summed E-state index contributed by atoms with van der Waals surface area (Å²) in [5, 5.41) is 11.1. The molecule has 1 atom stereocenters. The van der Waals surface area contributed by atoms with Crippen LogP contribution in [0.5, 0.6) is 5.75 Å². The van der Waals surface area contributed by atoms with E-state index in [1.54, 1.807) is 4.68 Å². The van der Waals surface area contributed by atoms with E-state index in [0.29, 0.717) is 37.3 Å². The van der Waals surface area contributed by atoms with Gasteiger partial charge in [-0.1, -0.05) is 18.2 Å². The molecule has 13 nitrogen and oxygen atoms in total. The van der Waals surface area contributed by atoms with E-state index in [1.807, 2.05) is 29.6 Å². The molecule has 0 aliphatic carbocycles. The van der Waals surface area contributed by atoms with Gasteiger partial charge in [-0.2, -0.15) is 13.9 Å². The number of anilines is 2. The summed E-state index contributed by atoms with van der Waals surface area (Å²) < 4.78 is 46.1. The third kappa shape index (κ3) is 7.61. The van der Waals surface area contributed by atoms with Crippen molar-refractivity contribution >= 4 is 45.6 Å². The number of imide groups is 1. The van der Waals surface area contributed by atoms with Gasteiger partial charge in [-0.05, 0) is 80.1 Å². The number of carbonyl (C=O) groups excluding carboxylic acids is 2. The van der Waals surface area contributed by atoms with Crippen LogP contribution in [0.3, 0.4) is 0 Å². The summed E-state index contributed by atoms with van der Waals surface area (Å²) in [6, 6.07) is 14.1. The topological polar surface area (TPSA) is 138 Å². The van der Waals surface area contributed by atoms with Crippen molar-refractivity contribution in [2.45, 2.75) is 62.1 Å². The molecule has 50 heavy (non-hydrogen) atoms. The Hall–Kier alpha value is -4.54. The number of nitrogens with zero attached hydrogens (tertiary/aromatic N) is 7. The van der Waals surface area contributed by atoms with Crippen LogP contribution in [0.15, 0.2) is 59.8 Å². The maximum absolute atomic E-state index is 13.3. The van der Waals surface area contributed by atoms with Crippen LogP contribution in [-0.2, 0) is 29.4 Å². The molecule has 4 aromatic rings. The Morgan fingerprint density at radius 1 is 0.980 bits per heavy atom. The fraction of sp³-hybridized carbons (Fsp3) is 0.441. The fourth-order valence-corrected chi connectivity index (χ4v) is 8.13. The Bertz CT molecular complexity index is 1860. The molecule has 2 aromatic heterocycles. The van der Waals surface area contributed by atoms with Crippen molar-refractivity contribution in [2.75, 3.05) is 42.9 Å². The van der Waals surface area contributed by atoms with Gasteiger partial charge in [0.25, 0.3) is 0 Å².